The number of hydrogen-bond donors (Lipinski definition) is 0. The molecule has 3 aliphatic rings. The molecule has 1 aliphatic carbocycles. The smallest absolute Gasteiger partial charge is 0.246 e. The van der Waals surface area contributed by atoms with Crippen molar-refractivity contribution in [2.45, 2.75) is 37.0 Å². The predicted molar refractivity (Wildman–Crippen MR) is 94.9 cm³/mol. The summed E-state index contributed by atoms with van der Waals surface area (Å²) in [4.78, 5) is 28.0. The number of carbonyl (C=O) groups is 2. The highest BCUT2D eigenvalue weighted by Gasteiger charge is 2.54. The third-order valence-corrected chi connectivity index (χ3v) is 8.44. The summed E-state index contributed by atoms with van der Waals surface area (Å²) in [6.45, 7) is 2.49. The summed E-state index contributed by atoms with van der Waals surface area (Å²) < 4.78 is 26.8. The van der Waals surface area contributed by atoms with E-state index < -0.39 is 15.6 Å². The van der Waals surface area contributed by atoms with Gasteiger partial charge in [-0.1, -0.05) is 0 Å². The molecule has 7 nitrogen and oxygen atoms in total. The van der Waals surface area contributed by atoms with Crippen LogP contribution in [0.4, 0.5) is 5.69 Å². The van der Waals surface area contributed by atoms with Crippen LogP contribution in [0, 0.1) is 0 Å². The Morgan fingerprint density at radius 3 is 2.68 bits per heavy atom. The molecule has 0 N–H and O–H groups in total. The quantitative estimate of drug-likeness (QED) is 0.776. The molecule has 1 aromatic rings. The average molecular weight is 383 g/mol. The fourth-order valence-electron chi connectivity index (χ4n) is 3.91. The summed E-state index contributed by atoms with van der Waals surface area (Å²) in [6.07, 6.45) is 2.01. The van der Waals surface area contributed by atoms with E-state index in [1.807, 2.05) is 16.8 Å². The summed E-state index contributed by atoms with van der Waals surface area (Å²) in [5.41, 5.74) is 0.185. The zero-order valence-electron chi connectivity index (χ0n) is 14.1. The molecule has 25 heavy (non-hydrogen) atoms. The molecule has 2 saturated heterocycles. The molecule has 1 aromatic heterocycles. The molecule has 0 bridgehead atoms. The Labute approximate surface area is 151 Å². The summed E-state index contributed by atoms with van der Waals surface area (Å²) in [5.74, 6) is -0.299. The van der Waals surface area contributed by atoms with Crippen molar-refractivity contribution < 1.29 is 18.0 Å². The summed E-state index contributed by atoms with van der Waals surface area (Å²) >= 11 is 1.51. The Bertz CT molecular complexity index is 803. The number of piperazine rings is 1. The fraction of sp³-hybridized carbons (Fsp3) is 0.625. The van der Waals surface area contributed by atoms with E-state index in [2.05, 4.69) is 0 Å². The van der Waals surface area contributed by atoms with Crippen LogP contribution in [0.1, 0.15) is 26.2 Å². The van der Waals surface area contributed by atoms with E-state index in [-0.39, 0.29) is 30.2 Å². The van der Waals surface area contributed by atoms with Crippen LogP contribution < -0.4 is 4.90 Å². The van der Waals surface area contributed by atoms with E-state index in [1.54, 1.807) is 9.80 Å². The lowest BCUT2D eigenvalue weighted by Crippen LogP contribution is -2.67. The first kappa shape index (κ1) is 17.0. The second-order valence-electron chi connectivity index (χ2n) is 7.12. The number of hydrogen-bond acceptors (Lipinski definition) is 5. The first-order chi connectivity index (χ1) is 11.8. The first-order valence-electron chi connectivity index (χ1n) is 8.43. The molecule has 1 saturated carbocycles. The summed E-state index contributed by atoms with van der Waals surface area (Å²) in [6, 6.07) is 1.88. The van der Waals surface area contributed by atoms with E-state index in [0.29, 0.717) is 19.5 Å². The van der Waals surface area contributed by atoms with Crippen molar-refractivity contribution in [3.8, 4) is 0 Å². The number of amides is 2. The minimum Gasteiger partial charge on any atom is -0.325 e. The Hall–Kier alpha value is -1.45. The molecule has 0 radical (unpaired) electrons. The van der Waals surface area contributed by atoms with Crippen LogP contribution >= 0.6 is 11.3 Å². The highest BCUT2D eigenvalue weighted by atomic mass is 32.2. The maximum Gasteiger partial charge on any atom is 0.246 e. The van der Waals surface area contributed by atoms with E-state index in [9.17, 15) is 18.0 Å². The van der Waals surface area contributed by atoms with Gasteiger partial charge in [0.15, 0.2) is 0 Å². The predicted octanol–water partition coefficient (Wildman–Crippen LogP) is 0.880. The molecule has 4 rings (SSSR count). The number of carbonyl (C=O) groups excluding carboxylic acids is 2. The fourth-order valence-corrected chi connectivity index (χ4v) is 6.47. The van der Waals surface area contributed by atoms with Crippen molar-refractivity contribution in [1.82, 2.24) is 9.21 Å². The molecule has 136 valence electrons. The highest BCUT2D eigenvalue weighted by molar-refractivity contribution is 7.90. The van der Waals surface area contributed by atoms with Crippen molar-refractivity contribution in [2.75, 3.05) is 31.1 Å². The van der Waals surface area contributed by atoms with E-state index in [1.165, 1.54) is 22.6 Å². The van der Waals surface area contributed by atoms with Gasteiger partial charge in [-0.3, -0.25) is 9.59 Å². The molecule has 3 heterocycles. The average Bonchev–Trinajstić information content (AvgIpc) is 3.13. The summed E-state index contributed by atoms with van der Waals surface area (Å²) in [7, 11) is -3.28. The van der Waals surface area contributed by atoms with Gasteiger partial charge in [-0.05, 0) is 30.7 Å². The minimum atomic E-state index is -3.28. The zero-order valence-corrected chi connectivity index (χ0v) is 15.7. The van der Waals surface area contributed by atoms with E-state index in [4.69, 9.17) is 0 Å². The van der Waals surface area contributed by atoms with Crippen LogP contribution in [0.5, 0.6) is 0 Å². The molecule has 3 fully saturated rings. The van der Waals surface area contributed by atoms with Crippen molar-refractivity contribution in [3.63, 3.8) is 0 Å². The highest BCUT2D eigenvalue weighted by Crippen LogP contribution is 2.39. The van der Waals surface area contributed by atoms with Gasteiger partial charge in [0.25, 0.3) is 0 Å². The normalized spacial score (nSPS) is 28.1. The SMILES string of the molecule is CC(=O)N1CC(=O)N(c2ccsc2)CC12CCN(S(=O)(=O)C1CC1)C2. The van der Waals surface area contributed by atoms with Crippen LogP contribution in [-0.4, -0.2) is 66.4 Å². The molecular formula is C16H21N3O4S2. The van der Waals surface area contributed by atoms with Crippen molar-refractivity contribution in [1.29, 1.82) is 0 Å². The Kier molecular flexibility index (Phi) is 3.93. The second-order valence-corrected chi connectivity index (χ2v) is 10.1. The van der Waals surface area contributed by atoms with E-state index in [0.717, 1.165) is 18.5 Å². The third kappa shape index (κ3) is 2.78. The molecule has 1 atom stereocenters. The topological polar surface area (TPSA) is 78.0 Å². The Morgan fingerprint density at radius 2 is 2.08 bits per heavy atom. The molecule has 2 amide bonds. The lowest BCUT2D eigenvalue weighted by Gasteiger charge is -2.47. The molecule has 9 heteroatoms. The number of rotatable bonds is 3. The maximum absolute atomic E-state index is 12.6. The molecule has 0 aromatic carbocycles. The monoisotopic (exact) mass is 383 g/mol. The third-order valence-electron chi connectivity index (χ3n) is 5.42. The van der Waals surface area contributed by atoms with Crippen molar-refractivity contribution in [2.24, 2.45) is 0 Å². The van der Waals surface area contributed by atoms with Gasteiger partial charge in [-0.25, -0.2) is 8.42 Å². The molecular weight excluding hydrogens is 362 g/mol. The Morgan fingerprint density at radius 1 is 1.32 bits per heavy atom. The number of sulfonamides is 1. The molecule has 1 unspecified atom stereocenters. The van der Waals surface area contributed by atoms with E-state index >= 15 is 0 Å². The van der Waals surface area contributed by atoms with Crippen LogP contribution in [-0.2, 0) is 19.6 Å². The van der Waals surface area contributed by atoms with Crippen LogP contribution in [0.3, 0.4) is 0 Å². The van der Waals surface area contributed by atoms with Crippen LogP contribution in [0.25, 0.3) is 0 Å². The standard InChI is InChI=1S/C16H21N3O4S2/c1-12(20)19-8-15(21)18(13-4-7-24-9-13)11-16(19)5-6-17(10-16)25(22,23)14-2-3-14/h4,7,9,14H,2-3,5-6,8,10-11H2,1H3. The molecule has 1 spiro atoms. The first-order valence-corrected chi connectivity index (χ1v) is 10.9. The minimum absolute atomic E-state index is 0.00248. The van der Waals surface area contributed by atoms with Crippen molar-refractivity contribution in [3.05, 3.63) is 16.8 Å². The van der Waals surface area contributed by atoms with Gasteiger partial charge in [0.1, 0.15) is 6.54 Å². The Balaban J connectivity index is 1.65. The van der Waals surface area contributed by atoms with Gasteiger partial charge in [-0.2, -0.15) is 15.6 Å². The molecule has 2 aliphatic heterocycles. The number of nitrogens with zero attached hydrogens (tertiary/aromatic N) is 3. The number of anilines is 1. The largest absolute Gasteiger partial charge is 0.325 e. The zero-order chi connectivity index (χ0) is 17.8. The second kappa shape index (κ2) is 5.78. The van der Waals surface area contributed by atoms with Gasteiger partial charge in [-0.15, -0.1) is 0 Å². The lowest BCUT2D eigenvalue weighted by molar-refractivity contribution is -0.142. The maximum atomic E-state index is 12.6. The van der Waals surface area contributed by atoms with Gasteiger partial charge >= 0.3 is 0 Å². The van der Waals surface area contributed by atoms with Crippen LogP contribution in [0.15, 0.2) is 16.8 Å². The summed E-state index contributed by atoms with van der Waals surface area (Å²) in [5, 5.41) is 3.56. The van der Waals surface area contributed by atoms with Crippen LogP contribution in [0.2, 0.25) is 0 Å². The van der Waals surface area contributed by atoms with Gasteiger partial charge < -0.3 is 9.80 Å². The number of thiophene rings is 1. The van der Waals surface area contributed by atoms with Gasteiger partial charge in [0.05, 0.1) is 23.0 Å². The van der Waals surface area contributed by atoms with Gasteiger partial charge in [0, 0.05) is 25.4 Å². The van der Waals surface area contributed by atoms with Gasteiger partial charge in [0.2, 0.25) is 21.8 Å². The van der Waals surface area contributed by atoms with Crippen molar-refractivity contribution >= 4 is 38.9 Å². The lowest BCUT2D eigenvalue weighted by atomic mass is 9.92.